The zero-order valence-corrected chi connectivity index (χ0v) is 14.6. The van der Waals surface area contributed by atoms with Crippen molar-refractivity contribution in [3.8, 4) is 0 Å². The summed E-state index contributed by atoms with van der Waals surface area (Å²) in [6.45, 7) is 3.99. The van der Waals surface area contributed by atoms with Crippen LogP contribution in [0, 0.1) is 5.92 Å². The molecular formula is C17H27N3O5. The lowest BCUT2D eigenvalue weighted by Crippen LogP contribution is -2.53. The Hall–Kier alpha value is -1.83. The maximum Gasteiger partial charge on any atom is 0.320 e. The summed E-state index contributed by atoms with van der Waals surface area (Å²) in [4.78, 5) is 41.7. The quantitative estimate of drug-likeness (QED) is 0.803. The molecule has 3 aliphatic rings. The molecule has 0 aromatic rings. The Morgan fingerprint density at radius 3 is 2.36 bits per heavy atom. The van der Waals surface area contributed by atoms with Gasteiger partial charge in [0.1, 0.15) is 0 Å². The first-order valence-corrected chi connectivity index (χ1v) is 9.20. The number of rotatable bonds is 3. The third-order valence-electron chi connectivity index (χ3n) is 5.27. The van der Waals surface area contributed by atoms with Crippen molar-refractivity contribution >= 4 is 17.9 Å². The summed E-state index contributed by atoms with van der Waals surface area (Å²) in [6, 6.07) is 0.0562. The average molecular weight is 353 g/mol. The third kappa shape index (κ3) is 4.42. The number of likely N-dealkylation sites (tertiary alicyclic amines) is 2. The predicted molar refractivity (Wildman–Crippen MR) is 89.1 cm³/mol. The van der Waals surface area contributed by atoms with Crippen molar-refractivity contribution in [1.82, 2.24) is 14.7 Å². The molecule has 3 heterocycles. The number of piperidine rings is 1. The van der Waals surface area contributed by atoms with E-state index in [9.17, 15) is 14.4 Å². The van der Waals surface area contributed by atoms with Crippen LogP contribution in [0.25, 0.3) is 0 Å². The lowest BCUT2D eigenvalue weighted by atomic mass is 9.96. The molecule has 0 aromatic heterocycles. The van der Waals surface area contributed by atoms with Gasteiger partial charge >= 0.3 is 12.0 Å². The molecule has 0 radical (unpaired) electrons. The second kappa shape index (κ2) is 8.03. The highest BCUT2D eigenvalue weighted by Crippen LogP contribution is 2.23. The number of carbonyl (C=O) groups excluding carboxylic acids is 2. The highest BCUT2D eigenvalue weighted by atomic mass is 16.5. The van der Waals surface area contributed by atoms with Crippen LogP contribution in [0.4, 0.5) is 4.79 Å². The van der Waals surface area contributed by atoms with Gasteiger partial charge in [-0.15, -0.1) is 0 Å². The van der Waals surface area contributed by atoms with E-state index < -0.39 is 12.1 Å². The summed E-state index contributed by atoms with van der Waals surface area (Å²) < 4.78 is 5.44. The number of hydrogen-bond donors (Lipinski definition) is 1. The molecule has 8 nitrogen and oxygen atoms in total. The first kappa shape index (κ1) is 18.0. The maximum absolute atomic E-state index is 12.8. The van der Waals surface area contributed by atoms with Gasteiger partial charge in [-0.2, -0.15) is 0 Å². The van der Waals surface area contributed by atoms with Gasteiger partial charge in [0.05, 0.1) is 25.0 Å². The van der Waals surface area contributed by atoms with E-state index in [4.69, 9.17) is 9.84 Å². The molecule has 0 saturated carbocycles. The normalized spacial score (nSPS) is 27.4. The zero-order valence-electron chi connectivity index (χ0n) is 14.6. The summed E-state index contributed by atoms with van der Waals surface area (Å²) in [5.74, 6) is -1.08. The summed E-state index contributed by atoms with van der Waals surface area (Å²) in [7, 11) is 0. The number of carboxylic acid groups (broad SMARTS) is 1. The molecule has 0 spiro atoms. The van der Waals surface area contributed by atoms with E-state index in [2.05, 4.69) is 0 Å². The minimum Gasteiger partial charge on any atom is -0.481 e. The number of ether oxygens (including phenoxy) is 1. The molecule has 2 atom stereocenters. The maximum atomic E-state index is 12.8. The van der Waals surface area contributed by atoms with Gasteiger partial charge in [-0.25, -0.2) is 4.79 Å². The molecule has 2 unspecified atom stereocenters. The van der Waals surface area contributed by atoms with Crippen LogP contribution in [0.15, 0.2) is 0 Å². The van der Waals surface area contributed by atoms with Crippen molar-refractivity contribution < 1.29 is 24.2 Å². The van der Waals surface area contributed by atoms with Crippen LogP contribution in [-0.2, 0) is 14.3 Å². The SMILES string of the molecule is O=C(O)CC1CN(C(=O)C2CCCN(C(=O)N3CCCC3)C2)CCO1. The van der Waals surface area contributed by atoms with Gasteiger partial charge in [0, 0.05) is 39.3 Å². The molecule has 25 heavy (non-hydrogen) atoms. The van der Waals surface area contributed by atoms with Crippen LogP contribution in [0.3, 0.4) is 0 Å². The number of carbonyl (C=O) groups is 3. The fourth-order valence-electron chi connectivity index (χ4n) is 3.96. The molecule has 1 N–H and O–H groups in total. The molecule has 140 valence electrons. The molecule has 3 aliphatic heterocycles. The van der Waals surface area contributed by atoms with Crippen LogP contribution < -0.4 is 0 Å². The number of amides is 3. The molecule has 0 aliphatic carbocycles. The van der Waals surface area contributed by atoms with E-state index in [1.165, 1.54) is 0 Å². The standard InChI is InChI=1S/C17H27N3O5/c21-15(22)10-14-12-19(8-9-25-14)16(23)13-4-3-7-20(11-13)17(24)18-5-1-2-6-18/h13-14H,1-12H2,(H,21,22). The highest BCUT2D eigenvalue weighted by Gasteiger charge is 2.35. The smallest absolute Gasteiger partial charge is 0.320 e. The van der Waals surface area contributed by atoms with E-state index in [1.54, 1.807) is 4.90 Å². The van der Waals surface area contributed by atoms with Crippen LogP contribution in [0.5, 0.6) is 0 Å². The van der Waals surface area contributed by atoms with Crippen molar-refractivity contribution in [3.05, 3.63) is 0 Å². The van der Waals surface area contributed by atoms with E-state index >= 15 is 0 Å². The zero-order chi connectivity index (χ0) is 17.8. The van der Waals surface area contributed by atoms with Gasteiger partial charge in [0.2, 0.25) is 5.91 Å². The number of urea groups is 1. The molecule has 0 aromatic carbocycles. The summed E-state index contributed by atoms with van der Waals surface area (Å²) in [5, 5.41) is 8.91. The van der Waals surface area contributed by atoms with E-state index in [1.807, 2.05) is 9.80 Å². The van der Waals surface area contributed by atoms with Crippen LogP contribution in [-0.4, -0.2) is 89.7 Å². The lowest BCUT2D eigenvalue weighted by Gasteiger charge is -2.39. The Kier molecular flexibility index (Phi) is 5.78. The Labute approximate surface area is 147 Å². The fraction of sp³-hybridized carbons (Fsp3) is 0.824. The van der Waals surface area contributed by atoms with E-state index in [0.717, 1.165) is 38.8 Å². The van der Waals surface area contributed by atoms with Gasteiger partial charge in [0.25, 0.3) is 0 Å². The molecule has 0 bridgehead atoms. The lowest BCUT2D eigenvalue weighted by molar-refractivity contribution is -0.150. The summed E-state index contributed by atoms with van der Waals surface area (Å²) >= 11 is 0. The number of morpholine rings is 1. The van der Waals surface area contributed by atoms with Crippen LogP contribution in [0.1, 0.15) is 32.1 Å². The molecular weight excluding hydrogens is 326 g/mol. The van der Waals surface area contributed by atoms with Crippen LogP contribution in [0.2, 0.25) is 0 Å². The third-order valence-corrected chi connectivity index (χ3v) is 5.27. The van der Waals surface area contributed by atoms with Crippen LogP contribution >= 0.6 is 0 Å². The van der Waals surface area contributed by atoms with E-state index in [0.29, 0.717) is 32.8 Å². The molecule has 3 fully saturated rings. The Bertz CT molecular complexity index is 520. The first-order valence-electron chi connectivity index (χ1n) is 9.20. The number of nitrogens with zero attached hydrogens (tertiary/aromatic N) is 3. The van der Waals surface area contributed by atoms with Crippen molar-refractivity contribution in [2.24, 2.45) is 5.92 Å². The number of hydrogen-bond acceptors (Lipinski definition) is 4. The highest BCUT2D eigenvalue weighted by molar-refractivity contribution is 5.81. The molecule has 8 heteroatoms. The summed E-state index contributed by atoms with van der Waals surface area (Å²) in [5.41, 5.74) is 0. The minimum atomic E-state index is -0.917. The second-order valence-electron chi connectivity index (χ2n) is 7.14. The Balaban J connectivity index is 1.56. The minimum absolute atomic E-state index is 0.0256. The van der Waals surface area contributed by atoms with Gasteiger partial charge in [-0.3, -0.25) is 9.59 Å². The molecule has 3 amide bonds. The van der Waals surface area contributed by atoms with Crippen molar-refractivity contribution in [3.63, 3.8) is 0 Å². The fourth-order valence-corrected chi connectivity index (χ4v) is 3.96. The monoisotopic (exact) mass is 353 g/mol. The average Bonchev–Trinajstić information content (AvgIpc) is 3.15. The van der Waals surface area contributed by atoms with Gasteiger partial charge in [0.15, 0.2) is 0 Å². The first-order chi connectivity index (χ1) is 12.0. The van der Waals surface area contributed by atoms with Gasteiger partial charge in [-0.05, 0) is 25.7 Å². The van der Waals surface area contributed by atoms with Crippen molar-refractivity contribution in [2.45, 2.75) is 38.2 Å². The second-order valence-corrected chi connectivity index (χ2v) is 7.14. The van der Waals surface area contributed by atoms with Gasteiger partial charge in [-0.1, -0.05) is 0 Å². The van der Waals surface area contributed by atoms with E-state index in [-0.39, 0.29) is 24.3 Å². The molecule has 3 rings (SSSR count). The van der Waals surface area contributed by atoms with Crippen molar-refractivity contribution in [2.75, 3.05) is 45.9 Å². The van der Waals surface area contributed by atoms with Crippen molar-refractivity contribution in [1.29, 1.82) is 0 Å². The molecule has 3 saturated heterocycles. The summed E-state index contributed by atoms with van der Waals surface area (Å²) in [6.07, 6.45) is 3.19. The number of aliphatic carboxylic acids is 1. The topological polar surface area (TPSA) is 90.4 Å². The largest absolute Gasteiger partial charge is 0.481 e. The Morgan fingerprint density at radius 2 is 1.64 bits per heavy atom. The number of carboxylic acids is 1. The predicted octanol–water partition coefficient (Wildman–Crippen LogP) is 0.616. The Morgan fingerprint density at radius 1 is 0.920 bits per heavy atom. The van der Waals surface area contributed by atoms with Gasteiger partial charge < -0.3 is 24.5 Å².